The Hall–Kier alpha value is -2.40. The molecule has 0 spiro atoms. The molecule has 0 aliphatic heterocycles. The second-order valence-corrected chi connectivity index (χ2v) is 4.12. The smallest absolute Gasteiger partial charge is 0.271 e. The van der Waals surface area contributed by atoms with Crippen molar-refractivity contribution < 1.29 is 10.0 Å². The quantitative estimate of drug-likeness (QED) is 0.527. The molecule has 2 rings (SSSR count). The lowest BCUT2D eigenvalue weighted by molar-refractivity contribution is -0.384. The number of hydrogen-bond acceptors (Lipinski definition) is 4. The Kier molecular flexibility index (Phi) is 3.77. The molecule has 0 aliphatic carbocycles. The molecule has 2 aromatic rings. The molecular formula is C13H9ClN2O3. The molecular weight excluding hydrogens is 268 g/mol. The predicted molar refractivity (Wildman–Crippen MR) is 73.5 cm³/mol. The van der Waals surface area contributed by atoms with Crippen LogP contribution in [0.5, 0.6) is 5.75 Å². The van der Waals surface area contributed by atoms with Gasteiger partial charge in [-0.1, -0.05) is 23.7 Å². The van der Waals surface area contributed by atoms with Crippen LogP contribution in [-0.2, 0) is 0 Å². The van der Waals surface area contributed by atoms with Gasteiger partial charge in [0.2, 0.25) is 0 Å². The zero-order chi connectivity index (χ0) is 13.8. The van der Waals surface area contributed by atoms with Gasteiger partial charge in [0.05, 0.1) is 15.6 Å². The van der Waals surface area contributed by atoms with E-state index >= 15 is 0 Å². The molecule has 6 heteroatoms. The molecule has 0 radical (unpaired) electrons. The molecule has 0 fully saturated rings. The number of nitrogens with zero attached hydrogens (tertiary/aromatic N) is 2. The molecule has 2 aromatic carbocycles. The minimum Gasteiger partial charge on any atom is -0.507 e. The third kappa shape index (κ3) is 3.08. The van der Waals surface area contributed by atoms with Gasteiger partial charge >= 0.3 is 0 Å². The maximum absolute atomic E-state index is 10.7. The molecule has 19 heavy (non-hydrogen) atoms. The van der Waals surface area contributed by atoms with Gasteiger partial charge in [-0.05, 0) is 18.2 Å². The minimum atomic E-state index is -0.519. The van der Waals surface area contributed by atoms with E-state index in [9.17, 15) is 15.2 Å². The van der Waals surface area contributed by atoms with E-state index in [1.165, 1.54) is 30.5 Å². The van der Waals surface area contributed by atoms with Crippen molar-refractivity contribution in [2.45, 2.75) is 0 Å². The van der Waals surface area contributed by atoms with E-state index in [1.54, 1.807) is 18.2 Å². The van der Waals surface area contributed by atoms with Crippen LogP contribution >= 0.6 is 11.6 Å². The lowest BCUT2D eigenvalue weighted by Gasteiger charge is -1.99. The highest BCUT2D eigenvalue weighted by Crippen LogP contribution is 2.29. The molecule has 0 amide bonds. The molecule has 1 N–H and O–H groups in total. The van der Waals surface area contributed by atoms with E-state index in [-0.39, 0.29) is 17.1 Å². The van der Waals surface area contributed by atoms with Crippen LogP contribution in [0.1, 0.15) is 5.56 Å². The maximum Gasteiger partial charge on any atom is 0.271 e. The zero-order valence-corrected chi connectivity index (χ0v) is 10.4. The average Bonchev–Trinajstić information content (AvgIpc) is 2.39. The summed E-state index contributed by atoms with van der Waals surface area (Å²) in [6.45, 7) is 0. The van der Waals surface area contributed by atoms with Gasteiger partial charge in [0, 0.05) is 23.9 Å². The fraction of sp³-hybridized carbons (Fsp3) is 0. The van der Waals surface area contributed by atoms with Gasteiger partial charge in [0.25, 0.3) is 5.69 Å². The lowest BCUT2D eigenvalue weighted by atomic mass is 10.2. The van der Waals surface area contributed by atoms with Gasteiger partial charge < -0.3 is 5.11 Å². The first-order valence-electron chi connectivity index (χ1n) is 5.34. The number of para-hydroxylation sites is 1. The topological polar surface area (TPSA) is 75.7 Å². The van der Waals surface area contributed by atoms with Gasteiger partial charge in [0.1, 0.15) is 5.75 Å². The number of hydrogen-bond donors (Lipinski definition) is 1. The Balaban J connectivity index is 2.35. The van der Waals surface area contributed by atoms with Crippen molar-refractivity contribution in [1.82, 2.24) is 0 Å². The monoisotopic (exact) mass is 276 g/mol. The first-order valence-corrected chi connectivity index (χ1v) is 5.72. The molecule has 0 saturated carbocycles. The van der Waals surface area contributed by atoms with E-state index in [0.717, 1.165) is 0 Å². The minimum absolute atomic E-state index is 0.0767. The van der Waals surface area contributed by atoms with Crippen LogP contribution in [0.3, 0.4) is 0 Å². The summed E-state index contributed by atoms with van der Waals surface area (Å²) in [6, 6.07) is 10.6. The number of aliphatic imine (C=N–C) groups is 1. The highest BCUT2D eigenvalue weighted by Gasteiger charge is 2.08. The normalized spacial score (nSPS) is 10.8. The van der Waals surface area contributed by atoms with Crippen LogP contribution in [-0.4, -0.2) is 16.2 Å². The highest BCUT2D eigenvalue weighted by atomic mass is 35.5. The van der Waals surface area contributed by atoms with Crippen LogP contribution in [0.2, 0.25) is 5.02 Å². The van der Waals surface area contributed by atoms with E-state index < -0.39 is 4.92 Å². The molecule has 0 atom stereocenters. The Labute approximate surface area is 113 Å². The molecule has 96 valence electrons. The number of halogens is 1. The molecule has 0 unspecified atom stereocenters. The number of rotatable bonds is 3. The van der Waals surface area contributed by atoms with Crippen molar-refractivity contribution in [3.05, 3.63) is 63.2 Å². The first-order chi connectivity index (χ1) is 9.08. The fourth-order valence-electron chi connectivity index (χ4n) is 1.45. The van der Waals surface area contributed by atoms with Gasteiger partial charge in [-0.3, -0.25) is 15.1 Å². The van der Waals surface area contributed by atoms with Crippen molar-refractivity contribution in [3.63, 3.8) is 0 Å². The van der Waals surface area contributed by atoms with Crippen LogP contribution in [0.4, 0.5) is 11.4 Å². The third-order valence-electron chi connectivity index (χ3n) is 2.42. The third-order valence-corrected chi connectivity index (χ3v) is 2.74. The number of phenols is 1. The SMILES string of the molecule is O=[N+]([O-])c1ccc(Cl)c(N=Cc2ccccc2O)c1. The Morgan fingerprint density at radius 2 is 2.00 bits per heavy atom. The average molecular weight is 277 g/mol. The Morgan fingerprint density at radius 1 is 1.26 bits per heavy atom. The van der Waals surface area contributed by atoms with Gasteiger partial charge in [-0.25, -0.2) is 0 Å². The lowest BCUT2D eigenvalue weighted by Crippen LogP contribution is -1.87. The molecule has 0 aromatic heterocycles. The van der Waals surface area contributed by atoms with E-state index in [1.807, 2.05) is 0 Å². The first kappa shape index (κ1) is 13.0. The summed E-state index contributed by atoms with van der Waals surface area (Å²) < 4.78 is 0. The number of aromatic hydroxyl groups is 1. The number of nitro benzene ring substituents is 1. The summed E-state index contributed by atoms with van der Waals surface area (Å²) in [5, 5.41) is 20.5. The van der Waals surface area contributed by atoms with Crippen molar-refractivity contribution in [3.8, 4) is 5.75 Å². The van der Waals surface area contributed by atoms with Crippen molar-refractivity contribution in [1.29, 1.82) is 0 Å². The van der Waals surface area contributed by atoms with Gasteiger partial charge in [0.15, 0.2) is 0 Å². The summed E-state index contributed by atoms with van der Waals surface area (Å²) in [5.74, 6) is 0.0767. The van der Waals surface area contributed by atoms with E-state index in [4.69, 9.17) is 11.6 Å². The van der Waals surface area contributed by atoms with Crippen molar-refractivity contribution in [2.75, 3.05) is 0 Å². The van der Waals surface area contributed by atoms with Crippen molar-refractivity contribution in [2.24, 2.45) is 4.99 Å². The summed E-state index contributed by atoms with van der Waals surface area (Å²) >= 11 is 5.91. The number of nitro groups is 1. The Morgan fingerprint density at radius 3 is 2.68 bits per heavy atom. The fourth-order valence-corrected chi connectivity index (χ4v) is 1.62. The summed E-state index contributed by atoms with van der Waals surface area (Å²) in [6.07, 6.45) is 1.40. The zero-order valence-electron chi connectivity index (χ0n) is 9.65. The number of benzene rings is 2. The molecule has 0 aliphatic rings. The van der Waals surface area contributed by atoms with Crippen LogP contribution in [0.15, 0.2) is 47.5 Å². The molecule has 0 heterocycles. The highest BCUT2D eigenvalue weighted by molar-refractivity contribution is 6.33. The van der Waals surface area contributed by atoms with Crippen LogP contribution in [0, 0.1) is 10.1 Å². The predicted octanol–water partition coefficient (Wildman–Crippen LogP) is 3.70. The van der Waals surface area contributed by atoms with Crippen LogP contribution < -0.4 is 0 Å². The largest absolute Gasteiger partial charge is 0.507 e. The van der Waals surface area contributed by atoms with Crippen molar-refractivity contribution >= 4 is 29.2 Å². The number of non-ortho nitro benzene ring substituents is 1. The molecule has 0 saturated heterocycles. The van der Waals surface area contributed by atoms with Gasteiger partial charge in [-0.15, -0.1) is 0 Å². The second kappa shape index (κ2) is 5.49. The molecule has 5 nitrogen and oxygen atoms in total. The summed E-state index contributed by atoms with van der Waals surface area (Å²) in [4.78, 5) is 14.2. The number of phenolic OH excluding ortho intramolecular Hbond substituents is 1. The van der Waals surface area contributed by atoms with E-state index in [2.05, 4.69) is 4.99 Å². The molecule has 0 bridgehead atoms. The maximum atomic E-state index is 10.7. The Bertz CT molecular complexity index is 656. The summed E-state index contributed by atoms with van der Waals surface area (Å²) in [7, 11) is 0. The second-order valence-electron chi connectivity index (χ2n) is 3.71. The standard InChI is InChI=1S/C13H9ClN2O3/c14-11-6-5-10(16(18)19)7-12(11)15-8-9-3-1-2-4-13(9)17/h1-8,17H. The van der Waals surface area contributed by atoms with Gasteiger partial charge in [-0.2, -0.15) is 0 Å². The summed E-state index contributed by atoms with van der Waals surface area (Å²) in [5.41, 5.74) is 0.693. The van der Waals surface area contributed by atoms with E-state index in [0.29, 0.717) is 10.6 Å². The van der Waals surface area contributed by atoms with Crippen LogP contribution in [0.25, 0.3) is 0 Å².